The third kappa shape index (κ3) is 4.14. The molecule has 0 radical (unpaired) electrons. The molecule has 3 aromatic rings. The normalized spacial score (nSPS) is 15.5. The summed E-state index contributed by atoms with van der Waals surface area (Å²) >= 11 is 0. The van der Waals surface area contributed by atoms with Gasteiger partial charge in [-0.25, -0.2) is 4.39 Å². The maximum absolute atomic E-state index is 13.1. The van der Waals surface area contributed by atoms with E-state index in [4.69, 9.17) is 4.74 Å². The van der Waals surface area contributed by atoms with Crippen LogP contribution in [-0.4, -0.2) is 18.6 Å². The monoisotopic (exact) mass is 376 g/mol. The van der Waals surface area contributed by atoms with Gasteiger partial charge in [-0.15, -0.1) is 0 Å². The number of para-hydroxylation sites is 2. The summed E-state index contributed by atoms with van der Waals surface area (Å²) in [4.78, 5) is 14.8. The molecule has 142 valence electrons. The fourth-order valence-corrected chi connectivity index (χ4v) is 3.41. The van der Waals surface area contributed by atoms with Crippen molar-refractivity contribution in [3.8, 4) is 5.75 Å². The minimum Gasteiger partial charge on any atom is -0.489 e. The molecule has 1 atom stereocenters. The number of carbonyl (C=O) groups excluding carboxylic acids is 1. The molecule has 0 aromatic heterocycles. The van der Waals surface area contributed by atoms with Crippen molar-refractivity contribution < 1.29 is 13.9 Å². The number of anilines is 2. The molecule has 1 heterocycles. The van der Waals surface area contributed by atoms with Crippen molar-refractivity contribution in [2.75, 3.05) is 16.8 Å². The van der Waals surface area contributed by atoms with E-state index in [1.807, 2.05) is 42.5 Å². The number of halogens is 1. The summed E-state index contributed by atoms with van der Waals surface area (Å²) in [6.45, 7) is 1.12. The van der Waals surface area contributed by atoms with Crippen molar-refractivity contribution >= 4 is 17.3 Å². The molecule has 0 saturated carbocycles. The van der Waals surface area contributed by atoms with E-state index >= 15 is 0 Å². The van der Waals surface area contributed by atoms with Crippen LogP contribution in [0.1, 0.15) is 12.0 Å². The second kappa shape index (κ2) is 8.13. The first kappa shape index (κ1) is 18.0. The van der Waals surface area contributed by atoms with Crippen LogP contribution in [0.4, 0.5) is 15.8 Å². The van der Waals surface area contributed by atoms with Crippen molar-refractivity contribution in [3.05, 3.63) is 90.2 Å². The van der Waals surface area contributed by atoms with Gasteiger partial charge in [0.15, 0.2) is 0 Å². The summed E-state index contributed by atoms with van der Waals surface area (Å²) in [7, 11) is 0. The van der Waals surface area contributed by atoms with Crippen LogP contribution in [0.3, 0.4) is 0 Å². The van der Waals surface area contributed by atoms with E-state index in [1.54, 1.807) is 12.1 Å². The lowest BCUT2D eigenvalue weighted by molar-refractivity contribution is -0.116. The van der Waals surface area contributed by atoms with Crippen molar-refractivity contribution in [2.45, 2.75) is 19.0 Å². The quantitative estimate of drug-likeness (QED) is 0.706. The first-order valence-electron chi connectivity index (χ1n) is 9.27. The highest BCUT2D eigenvalue weighted by atomic mass is 19.1. The van der Waals surface area contributed by atoms with E-state index in [2.05, 4.69) is 22.3 Å². The van der Waals surface area contributed by atoms with Crippen LogP contribution >= 0.6 is 0 Å². The highest BCUT2D eigenvalue weighted by Crippen LogP contribution is 2.35. The summed E-state index contributed by atoms with van der Waals surface area (Å²) < 4.78 is 19.0. The molecule has 0 spiro atoms. The van der Waals surface area contributed by atoms with Crippen LogP contribution in [0.5, 0.6) is 5.75 Å². The number of nitrogens with zero attached hydrogens (tertiary/aromatic N) is 1. The van der Waals surface area contributed by atoms with Gasteiger partial charge in [0.05, 0.1) is 18.2 Å². The Labute approximate surface area is 163 Å². The van der Waals surface area contributed by atoms with Gasteiger partial charge in [0.25, 0.3) is 0 Å². The van der Waals surface area contributed by atoms with Gasteiger partial charge in [0, 0.05) is 12.2 Å². The van der Waals surface area contributed by atoms with Gasteiger partial charge in [-0.2, -0.15) is 0 Å². The third-order valence-electron chi connectivity index (χ3n) is 4.79. The Morgan fingerprint density at radius 2 is 1.71 bits per heavy atom. The lowest BCUT2D eigenvalue weighted by Gasteiger charge is -2.38. The molecule has 0 bridgehead atoms. The minimum atomic E-state index is -0.329. The second-order valence-corrected chi connectivity index (χ2v) is 6.81. The molecule has 5 heteroatoms. The predicted molar refractivity (Wildman–Crippen MR) is 108 cm³/mol. The first-order chi connectivity index (χ1) is 13.7. The summed E-state index contributed by atoms with van der Waals surface area (Å²) in [6, 6.07) is 23.7. The molecule has 1 N–H and O–H groups in total. The van der Waals surface area contributed by atoms with E-state index < -0.39 is 0 Å². The van der Waals surface area contributed by atoms with Crippen molar-refractivity contribution in [1.82, 2.24) is 0 Å². The lowest BCUT2D eigenvalue weighted by atomic mass is 10.1. The van der Waals surface area contributed by atoms with Crippen LogP contribution < -0.4 is 15.0 Å². The standard InChI is InChI=1S/C23H21FN2O2/c24-18-10-12-19(13-11-18)25-23(27)14-20-16-28-22-9-5-4-8-21(22)26(20)15-17-6-2-1-3-7-17/h1-13,20H,14-16H2,(H,25,27)/t20-/m0/s1. The van der Waals surface area contributed by atoms with Gasteiger partial charge >= 0.3 is 0 Å². The number of hydrogen-bond acceptors (Lipinski definition) is 3. The summed E-state index contributed by atoms with van der Waals surface area (Å²) in [5.74, 6) is 0.371. The maximum atomic E-state index is 13.1. The number of carbonyl (C=O) groups is 1. The van der Waals surface area contributed by atoms with Gasteiger partial charge in [-0.3, -0.25) is 4.79 Å². The van der Waals surface area contributed by atoms with Crippen LogP contribution in [0.15, 0.2) is 78.9 Å². The number of amides is 1. The lowest BCUT2D eigenvalue weighted by Crippen LogP contribution is -2.44. The molecular weight excluding hydrogens is 355 g/mol. The zero-order chi connectivity index (χ0) is 19.3. The highest BCUT2D eigenvalue weighted by Gasteiger charge is 2.29. The van der Waals surface area contributed by atoms with Gasteiger partial charge in [0.1, 0.15) is 18.2 Å². The van der Waals surface area contributed by atoms with E-state index in [1.165, 1.54) is 17.7 Å². The molecule has 1 amide bonds. The predicted octanol–water partition coefficient (Wildman–Crippen LogP) is 4.62. The first-order valence-corrected chi connectivity index (χ1v) is 9.27. The van der Waals surface area contributed by atoms with Crippen molar-refractivity contribution in [3.63, 3.8) is 0 Å². The van der Waals surface area contributed by atoms with Crippen LogP contribution in [0.2, 0.25) is 0 Å². The van der Waals surface area contributed by atoms with E-state index in [-0.39, 0.29) is 24.2 Å². The van der Waals surface area contributed by atoms with Crippen LogP contribution in [0.25, 0.3) is 0 Å². The Morgan fingerprint density at radius 1 is 1.00 bits per heavy atom. The number of ether oxygens (including phenoxy) is 1. The Hall–Kier alpha value is -3.34. The topological polar surface area (TPSA) is 41.6 Å². The van der Waals surface area contributed by atoms with Crippen LogP contribution in [-0.2, 0) is 11.3 Å². The van der Waals surface area contributed by atoms with Crippen molar-refractivity contribution in [1.29, 1.82) is 0 Å². The Balaban J connectivity index is 1.52. The van der Waals surface area contributed by atoms with Crippen molar-refractivity contribution in [2.24, 2.45) is 0 Å². The molecule has 0 aliphatic carbocycles. The molecule has 0 unspecified atom stereocenters. The largest absolute Gasteiger partial charge is 0.489 e. The molecule has 28 heavy (non-hydrogen) atoms. The molecule has 1 aliphatic rings. The Morgan fingerprint density at radius 3 is 2.50 bits per heavy atom. The minimum absolute atomic E-state index is 0.101. The van der Waals surface area contributed by atoms with Gasteiger partial charge < -0.3 is 15.0 Å². The number of nitrogens with one attached hydrogen (secondary N) is 1. The second-order valence-electron chi connectivity index (χ2n) is 6.81. The summed E-state index contributed by atoms with van der Waals surface area (Å²) in [5.41, 5.74) is 2.73. The molecule has 1 aliphatic heterocycles. The van der Waals surface area contributed by atoms with E-state index in [9.17, 15) is 9.18 Å². The maximum Gasteiger partial charge on any atom is 0.226 e. The average molecular weight is 376 g/mol. The van der Waals surface area contributed by atoms with Crippen LogP contribution in [0, 0.1) is 5.82 Å². The Bertz CT molecular complexity index is 944. The highest BCUT2D eigenvalue weighted by molar-refractivity contribution is 5.91. The zero-order valence-corrected chi connectivity index (χ0v) is 15.3. The third-order valence-corrected chi connectivity index (χ3v) is 4.79. The molecular formula is C23H21FN2O2. The number of hydrogen-bond donors (Lipinski definition) is 1. The van der Waals surface area contributed by atoms with Gasteiger partial charge in [-0.05, 0) is 42.0 Å². The van der Waals surface area contributed by atoms with E-state index in [0.717, 1.165) is 11.4 Å². The molecule has 0 fully saturated rings. The van der Waals surface area contributed by atoms with Gasteiger partial charge in [-0.1, -0.05) is 42.5 Å². The SMILES string of the molecule is O=C(C[C@H]1COc2ccccc2N1Cc1ccccc1)Nc1ccc(F)cc1. The smallest absolute Gasteiger partial charge is 0.226 e. The fraction of sp³-hybridized carbons (Fsp3) is 0.174. The molecule has 4 rings (SSSR count). The molecule has 0 saturated heterocycles. The molecule has 4 nitrogen and oxygen atoms in total. The summed E-state index contributed by atoms with van der Waals surface area (Å²) in [6.07, 6.45) is 0.276. The molecule has 3 aromatic carbocycles. The number of rotatable bonds is 5. The number of benzene rings is 3. The number of fused-ring (bicyclic) bond motifs is 1. The Kier molecular flexibility index (Phi) is 5.24. The zero-order valence-electron chi connectivity index (χ0n) is 15.3. The fourth-order valence-electron chi connectivity index (χ4n) is 3.41. The summed E-state index contributed by atoms with van der Waals surface area (Å²) in [5, 5.41) is 2.84. The average Bonchev–Trinajstić information content (AvgIpc) is 2.72. The van der Waals surface area contributed by atoms with Gasteiger partial charge in [0.2, 0.25) is 5.91 Å². The van der Waals surface area contributed by atoms with E-state index in [0.29, 0.717) is 18.8 Å².